The number of piperazine rings is 1. The van der Waals surface area contributed by atoms with Gasteiger partial charge >= 0.3 is 5.69 Å². The molecule has 1 aliphatic rings. The van der Waals surface area contributed by atoms with Gasteiger partial charge < -0.3 is 9.80 Å². The summed E-state index contributed by atoms with van der Waals surface area (Å²) in [6.45, 7) is 2.33. The van der Waals surface area contributed by atoms with E-state index in [1.807, 2.05) is 0 Å². The molecule has 1 aliphatic heterocycles. The highest BCUT2D eigenvalue weighted by Crippen LogP contribution is 2.17. The predicted molar refractivity (Wildman–Crippen MR) is 73.7 cm³/mol. The van der Waals surface area contributed by atoms with E-state index >= 15 is 0 Å². The molecule has 8 heteroatoms. The minimum Gasteiger partial charge on any atom is -0.368 e. The number of H-pyrrole nitrogens is 2. The first-order valence-corrected chi connectivity index (χ1v) is 6.58. The molecule has 2 heterocycles. The van der Waals surface area contributed by atoms with Crippen LogP contribution in [0.25, 0.3) is 0 Å². The summed E-state index contributed by atoms with van der Waals surface area (Å²) in [5.74, 6) is -0.544. The number of benzene rings is 1. The maximum absolute atomic E-state index is 12.9. The van der Waals surface area contributed by atoms with E-state index in [0.29, 0.717) is 26.2 Å². The quantitative estimate of drug-likeness (QED) is 0.827. The van der Waals surface area contributed by atoms with Crippen molar-refractivity contribution >= 4 is 11.6 Å². The first-order valence-electron chi connectivity index (χ1n) is 6.58. The van der Waals surface area contributed by atoms with Crippen LogP contribution >= 0.6 is 0 Å². The lowest BCUT2D eigenvalue weighted by Crippen LogP contribution is -2.49. The topological polar surface area (TPSA) is 85.1 Å². The Labute approximate surface area is 119 Å². The van der Waals surface area contributed by atoms with Gasteiger partial charge in [0.1, 0.15) is 5.82 Å². The van der Waals surface area contributed by atoms with Crippen LogP contribution in [0.15, 0.2) is 29.1 Å². The molecule has 0 spiro atoms. The molecule has 3 rings (SSSR count). The van der Waals surface area contributed by atoms with Gasteiger partial charge in [0, 0.05) is 31.9 Å². The number of amides is 1. The minimum atomic E-state index is -0.497. The number of carbonyl (C=O) groups is 1. The van der Waals surface area contributed by atoms with E-state index in [-0.39, 0.29) is 17.5 Å². The lowest BCUT2D eigenvalue weighted by atomic mass is 10.2. The van der Waals surface area contributed by atoms with Gasteiger partial charge in [-0.1, -0.05) is 0 Å². The molecule has 1 saturated heterocycles. The van der Waals surface area contributed by atoms with Crippen LogP contribution in [0, 0.1) is 5.82 Å². The smallest absolute Gasteiger partial charge is 0.341 e. The average Bonchev–Trinajstić information content (AvgIpc) is 2.94. The third kappa shape index (κ3) is 2.78. The molecule has 1 amide bonds. The number of nitrogens with zero attached hydrogens (tertiary/aromatic N) is 3. The fourth-order valence-electron chi connectivity index (χ4n) is 2.34. The zero-order valence-electron chi connectivity index (χ0n) is 11.2. The first kappa shape index (κ1) is 13.3. The van der Waals surface area contributed by atoms with Gasteiger partial charge in [0.2, 0.25) is 5.82 Å². The number of hydrogen-bond donors (Lipinski definition) is 2. The Morgan fingerprint density at radius 1 is 1.14 bits per heavy atom. The number of hydrogen-bond acceptors (Lipinski definition) is 4. The zero-order chi connectivity index (χ0) is 14.8. The Morgan fingerprint density at radius 2 is 1.81 bits per heavy atom. The largest absolute Gasteiger partial charge is 0.368 e. The van der Waals surface area contributed by atoms with Crippen LogP contribution in [0.4, 0.5) is 10.1 Å². The lowest BCUT2D eigenvalue weighted by molar-refractivity contribution is 0.0735. The third-order valence-corrected chi connectivity index (χ3v) is 3.46. The normalized spacial score (nSPS) is 15.3. The highest BCUT2D eigenvalue weighted by atomic mass is 19.1. The van der Waals surface area contributed by atoms with Gasteiger partial charge in [0.25, 0.3) is 5.91 Å². The molecule has 0 atom stereocenters. The average molecular weight is 291 g/mol. The van der Waals surface area contributed by atoms with Crippen molar-refractivity contribution in [2.45, 2.75) is 0 Å². The van der Waals surface area contributed by atoms with Gasteiger partial charge in [-0.3, -0.25) is 9.78 Å². The summed E-state index contributed by atoms with van der Waals surface area (Å²) in [5.41, 5.74) is 0.431. The second kappa shape index (κ2) is 5.39. The fourth-order valence-corrected chi connectivity index (χ4v) is 2.34. The number of aromatic nitrogens is 3. The highest BCUT2D eigenvalue weighted by molar-refractivity contribution is 5.90. The van der Waals surface area contributed by atoms with Crippen LogP contribution in [-0.4, -0.2) is 52.2 Å². The molecule has 21 heavy (non-hydrogen) atoms. The maximum Gasteiger partial charge on any atom is 0.341 e. The number of aromatic amines is 2. The van der Waals surface area contributed by atoms with Crippen molar-refractivity contribution in [3.05, 3.63) is 46.4 Å². The Kier molecular flexibility index (Phi) is 3.43. The summed E-state index contributed by atoms with van der Waals surface area (Å²) in [4.78, 5) is 29.1. The number of halogens is 1. The Balaban J connectivity index is 1.63. The number of nitrogens with one attached hydrogen (secondary N) is 2. The summed E-state index contributed by atoms with van der Waals surface area (Å²) in [6, 6.07) is 6.28. The molecular weight excluding hydrogens is 277 g/mol. The van der Waals surface area contributed by atoms with E-state index in [1.54, 1.807) is 17.0 Å². The Morgan fingerprint density at radius 3 is 2.38 bits per heavy atom. The SMILES string of the molecule is O=C(c1n[nH]c(=O)[nH]1)N1CCN(c2ccc(F)cc2)CC1. The number of carbonyl (C=O) groups excluding carboxylic acids is 1. The summed E-state index contributed by atoms with van der Waals surface area (Å²) in [5, 5.41) is 5.81. The van der Waals surface area contributed by atoms with Crippen molar-refractivity contribution in [3.8, 4) is 0 Å². The van der Waals surface area contributed by atoms with Crippen molar-refractivity contribution in [1.29, 1.82) is 0 Å². The Bertz CT molecular complexity index is 685. The molecule has 7 nitrogen and oxygen atoms in total. The third-order valence-electron chi connectivity index (χ3n) is 3.46. The van der Waals surface area contributed by atoms with Gasteiger partial charge in [-0.15, -0.1) is 5.10 Å². The van der Waals surface area contributed by atoms with Crippen LogP contribution in [0.1, 0.15) is 10.6 Å². The molecule has 0 bridgehead atoms. The summed E-state index contributed by atoms with van der Waals surface area (Å²) < 4.78 is 12.9. The molecule has 0 aliphatic carbocycles. The Hall–Kier alpha value is -2.64. The van der Waals surface area contributed by atoms with Crippen LogP contribution in [0.2, 0.25) is 0 Å². The van der Waals surface area contributed by atoms with Gasteiger partial charge in [-0.05, 0) is 24.3 Å². The van der Waals surface area contributed by atoms with Gasteiger partial charge in [0.15, 0.2) is 0 Å². The maximum atomic E-state index is 12.9. The standard InChI is InChI=1S/C13H14FN5O2/c14-9-1-3-10(4-2-9)18-5-7-19(8-6-18)12(20)11-15-13(21)17-16-11/h1-4H,5-8H2,(H2,15,16,17,21). The van der Waals surface area contributed by atoms with Crippen LogP contribution in [0.5, 0.6) is 0 Å². The second-order valence-electron chi connectivity index (χ2n) is 4.78. The van der Waals surface area contributed by atoms with E-state index in [1.165, 1.54) is 12.1 Å². The molecule has 0 unspecified atom stereocenters. The first-order chi connectivity index (χ1) is 10.1. The van der Waals surface area contributed by atoms with E-state index in [0.717, 1.165) is 5.69 Å². The van der Waals surface area contributed by atoms with E-state index < -0.39 is 5.69 Å². The number of rotatable bonds is 2. The zero-order valence-corrected chi connectivity index (χ0v) is 11.2. The minimum absolute atomic E-state index is 0.0234. The van der Waals surface area contributed by atoms with E-state index in [2.05, 4.69) is 20.1 Å². The van der Waals surface area contributed by atoms with E-state index in [9.17, 15) is 14.0 Å². The fraction of sp³-hybridized carbons (Fsp3) is 0.308. The van der Waals surface area contributed by atoms with Gasteiger partial charge in [-0.2, -0.15) is 0 Å². The molecule has 1 aromatic carbocycles. The lowest BCUT2D eigenvalue weighted by Gasteiger charge is -2.35. The van der Waals surface area contributed by atoms with Crippen molar-refractivity contribution in [3.63, 3.8) is 0 Å². The summed E-state index contributed by atoms with van der Waals surface area (Å²) in [6.07, 6.45) is 0. The molecule has 110 valence electrons. The summed E-state index contributed by atoms with van der Waals surface area (Å²) in [7, 11) is 0. The monoisotopic (exact) mass is 291 g/mol. The van der Waals surface area contributed by atoms with Crippen LogP contribution in [0.3, 0.4) is 0 Å². The molecule has 2 aromatic rings. The van der Waals surface area contributed by atoms with Gasteiger partial charge in [0.05, 0.1) is 0 Å². The van der Waals surface area contributed by atoms with Crippen LogP contribution in [-0.2, 0) is 0 Å². The molecule has 1 aromatic heterocycles. The van der Waals surface area contributed by atoms with E-state index in [4.69, 9.17) is 0 Å². The summed E-state index contributed by atoms with van der Waals surface area (Å²) >= 11 is 0. The van der Waals surface area contributed by atoms with Crippen molar-refractivity contribution in [2.24, 2.45) is 0 Å². The number of anilines is 1. The molecular formula is C13H14FN5O2. The van der Waals surface area contributed by atoms with Crippen LogP contribution < -0.4 is 10.6 Å². The molecule has 0 saturated carbocycles. The van der Waals surface area contributed by atoms with Crippen molar-refractivity contribution < 1.29 is 9.18 Å². The highest BCUT2D eigenvalue weighted by Gasteiger charge is 2.24. The predicted octanol–water partition coefficient (Wildman–Crippen LogP) is 0.199. The van der Waals surface area contributed by atoms with Gasteiger partial charge in [-0.25, -0.2) is 14.3 Å². The molecule has 0 radical (unpaired) electrons. The second-order valence-corrected chi connectivity index (χ2v) is 4.78. The van der Waals surface area contributed by atoms with Crippen molar-refractivity contribution in [1.82, 2.24) is 20.1 Å². The molecule has 2 N–H and O–H groups in total. The van der Waals surface area contributed by atoms with Crippen molar-refractivity contribution in [2.75, 3.05) is 31.1 Å². The molecule has 1 fully saturated rings.